The summed E-state index contributed by atoms with van der Waals surface area (Å²) < 4.78 is 5.21. The van der Waals surface area contributed by atoms with E-state index in [0.717, 1.165) is 12.2 Å². The van der Waals surface area contributed by atoms with Crippen molar-refractivity contribution in [3.8, 4) is 5.75 Å². The van der Waals surface area contributed by atoms with Crippen LogP contribution in [0, 0.1) is 6.92 Å². The van der Waals surface area contributed by atoms with E-state index in [0.29, 0.717) is 0 Å². The largest absolute Gasteiger partial charge is 0.497 e. The molecule has 0 bridgehead atoms. The zero-order chi connectivity index (χ0) is 13.0. The van der Waals surface area contributed by atoms with Gasteiger partial charge < -0.3 is 10.5 Å². The third-order valence-electron chi connectivity index (χ3n) is 3.17. The third-order valence-corrected chi connectivity index (χ3v) is 3.17. The van der Waals surface area contributed by atoms with Crippen molar-refractivity contribution in [3.63, 3.8) is 0 Å². The van der Waals surface area contributed by atoms with Crippen LogP contribution in [0.1, 0.15) is 22.7 Å². The van der Waals surface area contributed by atoms with Gasteiger partial charge in [-0.25, -0.2) is 0 Å². The van der Waals surface area contributed by atoms with Gasteiger partial charge in [-0.1, -0.05) is 36.4 Å². The quantitative estimate of drug-likeness (QED) is 0.891. The second kappa shape index (κ2) is 5.69. The molecule has 0 fully saturated rings. The molecule has 1 atom stereocenters. The van der Waals surface area contributed by atoms with E-state index in [1.165, 1.54) is 16.7 Å². The number of benzene rings is 2. The summed E-state index contributed by atoms with van der Waals surface area (Å²) in [6, 6.07) is 16.4. The molecule has 2 nitrogen and oxygen atoms in total. The summed E-state index contributed by atoms with van der Waals surface area (Å²) in [6.07, 6.45) is 0.855. The van der Waals surface area contributed by atoms with E-state index in [9.17, 15) is 0 Å². The van der Waals surface area contributed by atoms with Gasteiger partial charge in [-0.2, -0.15) is 0 Å². The fourth-order valence-electron chi connectivity index (χ4n) is 2.17. The molecule has 0 saturated carbocycles. The Morgan fingerprint density at radius 2 is 1.83 bits per heavy atom. The van der Waals surface area contributed by atoms with Crippen LogP contribution in [0.4, 0.5) is 0 Å². The zero-order valence-electron chi connectivity index (χ0n) is 10.9. The minimum atomic E-state index is 0.0262. The van der Waals surface area contributed by atoms with Crippen LogP contribution in [-0.4, -0.2) is 7.11 Å². The van der Waals surface area contributed by atoms with E-state index in [1.54, 1.807) is 7.11 Å². The van der Waals surface area contributed by atoms with Crippen LogP contribution >= 0.6 is 0 Å². The molecule has 2 aromatic rings. The van der Waals surface area contributed by atoms with Gasteiger partial charge in [0, 0.05) is 6.04 Å². The Hall–Kier alpha value is -1.80. The highest BCUT2D eigenvalue weighted by Gasteiger charge is 2.10. The van der Waals surface area contributed by atoms with Gasteiger partial charge in [-0.15, -0.1) is 0 Å². The van der Waals surface area contributed by atoms with Gasteiger partial charge in [0.15, 0.2) is 0 Å². The average Bonchev–Trinajstić information content (AvgIpc) is 2.39. The van der Waals surface area contributed by atoms with Crippen LogP contribution in [0.3, 0.4) is 0 Å². The van der Waals surface area contributed by atoms with Crippen LogP contribution in [0.5, 0.6) is 5.75 Å². The summed E-state index contributed by atoms with van der Waals surface area (Å²) in [4.78, 5) is 0. The number of ether oxygens (including phenoxy) is 1. The van der Waals surface area contributed by atoms with Crippen LogP contribution in [0.15, 0.2) is 48.5 Å². The number of methoxy groups -OCH3 is 1. The third kappa shape index (κ3) is 2.90. The first-order chi connectivity index (χ1) is 8.70. The van der Waals surface area contributed by atoms with Crippen LogP contribution < -0.4 is 10.5 Å². The normalized spacial score (nSPS) is 12.2. The van der Waals surface area contributed by atoms with E-state index in [2.05, 4.69) is 25.1 Å². The molecule has 94 valence electrons. The van der Waals surface area contributed by atoms with E-state index in [4.69, 9.17) is 10.5 Å². The predicted octanol–water partition coefficient (Wildman–Crippen LogP) is 3.25. The highest BCUT2D eigenvalue weighted by Crippen LogP contribution is 2.23. The summed E-state index contributed by atoms with van der Waals surface area (Å²) >= 11 is 0. The molecule has 0 aliphatic carbocycles. The first-order valence-corrected chi connectivity index (χ1v) is 6.14. The van der Waals surface area contributed by atoms with Crippen molar-refractivity contribution >= 4 is 0 Å². The van der Waals surface area contributed by atoms with Gasteiger partial charge >= 0.3 is 0 Å². The molecular formula is C16H19NO. The van der Waals surface area contributed by atoms with E-state index < -0.39 is 0 Å². The Morgan fingerprint density at radius 1 is 1.11 bits per heavy atom. The number of nitrogens with two attached hydrogens (primary N) is 1. The highest BCUT2D eigenvalue weighted by atomic mass is 16.5. The van der Waals surface area contributed by atoms with Crippen molar-refractivity contribution < 1.29 is 4.74 Å². The lowest BCUT2D eigenvalue weighted by molar-refractivity contribution is 0.414. The van der Waals surface area contributed by atoms with Crippen molar-refractivity contribution in [2.75, 3.05) is 7.11 Å². The molecule has 2 aromatic carbocycles. The fourth-order valence-corrected chi connectivity index (χ4v) is 2.17. The highest BCUT2D eigenvalue weighted by molar-refractivity contribution is 5.37. The summed E-state index contributed by atoms with van der Waals surface area (Å²) in [5, 5.41) is 0. The molecule has 2 rings (SSSR count). The molecule has 2 N–H and O–H groups in total. The smallest absolute Gasteiger partial charge is 0.119 e. The van der Waals surface area contributed by atoms with Gasteiger partial charge in [0.05, 0.1) is 7.11 Å². The fraction of sp³-hybridized carbons (Fsp3) is 0.250. The lowest BCUT2D eigenvalue weighted by Gasteiger charge is -2.15. The molecule has 2 heteroatoms. The molecule has 0 heterocycles. The van der Waals surface area contributed by atoms with Crippen molar-refractivity contribution in [2.24, 2.45) is 5.73 Å². The molecule has 0 aliphatic rings. The second-order valence-electron chi connectivity index (χ2n) is 4.52. The van der Waals surface area contributed by atoms with Gasteiger partial charge in [-0.3, -0.25) is 0 Å². The van der Waals surface area contributed by atoms with Gasteiger partial charge in [-0.05, 0) is 42.2 Å². The molecule has 1 unspecified atom stereocenters. The molecule has 0 amide bonds. The van der Waals surface area contributed by atoms with Crippen molar-refractivity contribution in [1.29, 1.82) is 0 Å². The number of hydrogen-bond donors (Lipinski definition) is 1. The molecular weight excluding hydrogens is 222 g/mol. The minimum Gasteiger partial charge on any atom is -0.497 e. The number of rotatable bonds is 4. The Balaban J connectivity index is 2.16. The molecule has 18 heavy (non-hydrogen) atoms. The molecule has 0 aromatic heterocycles. The number of aryl methyl sites for hydroxylation is 1. The van der Waals surface area contributed by atoms with E-state index in [-0.39, 0.29) is 6.04 Å². The van der Waals surface area contributed by atoms with Crippen molar-refractivity contribution in [1.82, 2.24) is 0 Å². The number of hydrogen-bond acceptors (Lipinski definition) is 2. The second-order valence-corrected chi connectivity index (χ2v) is 4.52. The van der Waals surface area contributed by atoms with Crippen LogP contribution in [0.25, 0.3) is 0 Å². The van der Waals surface area contributed by atoms with Gasteiger partial charge in [0.1, 0.15) is 5.75 Å². The van der Waals surface area contributed by atoms with E-state index >= 15 is 0 Å². The van der Waals surface area contributed by atoms with E-state index in [1.807, 2.05) is 30.3 Å². The lowest BCUT2D eigenvalue weighted by atomic mass is 9.96. The van der Waals surface area contributed by atoms with Gasteiger partial charge in [0.25, 0.3) is 0 Å². The summed E-state index contributed by atoms with van der Waals surface area (Å²) in [7, 11) is 1.68. The standard InChI is InChI=1S/C16H19NO/c1-12-10-14(18-2)8-9-15(12)16(17)11-13-6-4-3-5-7-13/h3-10,16H,11,17H2,1-2H3. The van der Waals surface area contributed by atoms with Crippen molar-refractivity contribution in [3.05, 3.63) is 65.2 Å². The first-order valence-electron chi connectivity index (χ1n) is 6.14. The minimum absolute atomic E-state index is 0.0262. The SMILES string of the molecule is COc1ccc(C(N)Cc2ccccc2)c(C)c1. The summed E-state index contributed by atoms with van der Waals surface area (Å²) in [5.41, 5.74) is 9.90. The Labute approximate surface area is 108 Å². The predicted molar refractivity (Wildman–Crippen MR) is 74.8 cm³/mol. The Bertz CT molecular complexity index is 508. The van der Waals surface area contributed by atoms with Gasteiger partial charge in [0.2, 0.25) is 0 Å². The Kier molecular flexibility index (Phi) is 4.00. The first kappa shape index (κ1) is 12.7. The zero-order valence-corrected chi connectivity index (χ0v) is 10.9. The summed E-state index contributed by atoms with van der Waals surface area (Å²) in [6.45, 7) is 2.07. The monoisotopic (exact) mass is 241 g/mol. The van der Waals surface area contributed by atoms with Crippen molar-refractivity contribution in [2.45, 2.75) is 19.4 Å². The maximum Gasteiger partial charge on any atom is 0.119 e. The average molecular weight is 241 g/mol. The van der Waals surface area contributed by atoms with Crippen LogP contribution in [0.2, 0.25) is 0 Å². The maximum absolute atomic E-state index is 6.28. The molecule has 0 spiro atoms. The maximum atomic E-state index is 6.28. The molecule has 0 saturated heterocycles. The molecule has 0 aliphatic heterocycles. The van der Waals surface area contributed by atoms with Crippen LogP contribution in [-0.2, 0) is 6.42 Å². The topological polar surface area (TPSA) is 35.2 Å². The summed E-state index contributed by atoms with van der Waals surface area (Å²) in [5.74, 6) is 0.878. The lowest BCUT2D eigenvalue weighted by Crippen LogP contribution is -2.14. The Morgan fingerprint density at radius 3 is 2.44 bits per heavy atom. The molecule has 0 radical (unpaired) electrons.